The number of benzene rings is 1. The van der Waals surface area contributed by atoms with Crippen molar-refractivity contribution in [2.75, 3.05) is 0 Å². The molecule has 1 atom stereocenters. The van der Waals surface area contributed by atoms with Gasteiger partial charge in [-0.15, -0.1) is 0 Å². The topological polar surface area (TPSA) is 35.8 Å². The fourth-order valence-corrected chi connectivity index (χ4v) is 1.83. The lowest BCUT2D eigenvalue weighted by atomic mass is 10.1. The summed E-state index contributed by atoms with van der Waals surface area (Å²) in [5, 5.41) is 12.2. The Labute approximate surface area is 102 Å². The lowest BCUT2D eigenvalue weighted by Gasteiger charge is -2.16. The van der Waals surface area contributed by atoms with Crippen LogP contribution in [0.1, 0.15) is 44.2 Å². The molecule has 0 heterocycles. The summed E-state index contributed by atoms with van der Waals surface area (Å²) in [5.74, 6) is -0.447. The highest BCUT2D eigenvalue weighted by Gasteiger charge is 2.06. The number of nitriles is 1. The first-order chi connectivity index (χ1) is 8.21. The molecule has 0 fully saturated rings. The molecule has 0 aliphatic heterocycles. The fourth-order valence-electron chi connectivity index (χ4n) is 1.83. The van der Waals surface area contributed by atoms with E-state index in [4.69, 9.17) is 5.26 Å². The van der Waals surface area contributed by atoms with Crippen LogP contribution in [0.25, 0.3) is 0 Å². The SMILES string of the molecule is CCCC(CC)NCc1ccc(F)c(C#N)c1. The smallest absolute Gasteiger partial charge is 0.140 e. The average Bonchev–Trinajstić information content (AvgIpc) is 2.36. The van der Waals surface area contributed by atoms with Crippen LogP contribution in [0, 0.1) is 17.1 Å². The molecule has 1 unspecified atom stereocenters. The number of halogens is 1. The first-order valence-electron chi connectivity index (χ1n) is 6.13. The number of rotatable bonds is 6. The Kier molecular flexibility index (Phi) is 5.65. The van der Waals surface area contributed by atoms with Gasteiger partial charge in [-0.1, -0.05) is 26.3 Å². The molecule has 0 bridgehead atoms. The number of hydrogen-bond donors (Lipinski definition) is 1. The van der Waals surface area contributed by atoms with Crippen LogP contribution in [0.2, 0.25) is 0 Å². The summed E-state index contributed by atoms with van der Waals surface area (Å²) in [6.07, 6.45) is 3.38. The predicted molar refractivity (Wildman–Crippen MR) is 66.9 cm³/mol. The standard InChI is InChI=1S/C14H19FN2/c1-3-5-13(4-2)17-10-11-6-7-14(15)12(8-11)9-16/h6-8,13,17H,3-5,10H2,1-2H3. The Bertz CT molecular complexity index is 396. The van der Waals surface area contributed by atoms with Crippen LogP contribution in [-0.4, -0.2) is 6.04 Å². The highest BCUT2D eigenvalue weighted by Crippen LogP contribution is 2.10. The molecule has 0 aromatic heterocycles. The molecule has 3 heteroatoms. The minimum absolute atomic E-state index is 0.118. The van der Waals surface area contributed by atoms with E-state index in [1.54, 1.807) is 12.1 Å². The van der Waals surface area contributed by atoms with Crippen LogP contribution in [0.5, 0.6) is 0 Å². The summed E-state index contributed by atoms with van der Waals surface area (Å²) < 4.78 is 13.1. The Morgan fingerprint density at radius 2 is 2.18 bits per heavy atom. The maximum atomic E-state index is 13.1. The second-order valence-electron chi connectivity index (χ2n) is 4.20. The van der Waals surface area contributed by atoms with Crippen molar-refractivity contribution in [3.63, 3.8) is 0 Å². The maximum Gasteiger partial charge on any atom is 0.140 e. The van der Waals surface area contributed by atoms with Gasteiger partial charge in [0.15, 0.2) is 0 Å². The molecule has 0 amide bonds. The highest BCUT2D eigenvalue weighted by atomic mass is 19.1. The van der Waals surface area contributed by atoms with Crippen molar-refractivity contribution in [3.8, 4) is 6.07 Å². The van der Waals surface area contributed by atoms with Crippen LogP contribution >= 0.6 is 0 Å². The summed E-state index contributed by atoms with van der Waals surface area (Å²) in [5.41, 5.74) is 1.07. The van der Waals surface area contributed by atoms with Crippen molar-refractivity contribution in [2.45, 2.75) is 45.7 Å². The molecular formula is C14H19FN2. The zero-order valence-electron chi connectivity index (χ0n) is 10.5. The van der Waals surface area contributed by atoms with Crippen molar-refractivity contribution < 1.29 is 4.39 Å². The van der Waals surface area contributed by atoms with Gasteiger partial charge in [0.1, 0.15) is 11.9 Å². The molecule has 0 saturated carbocycles. The summed E-state index contributed by atoms with van der Waals surface area (Å²) >= 11 is 0. The van der Waals surface area contributed by atoms with Crippen LogP contribution in [0.15, 0.2) is 18.2 Å². The lowest BCUT2D eigenvalue weighted by Crippen LogP contribution is -2.27. The molecule has 0 radical (unpaired) electrons. The zero-order valence-corrected chi connectivity index (χ0v) is 10.5. The van der Waals surface area contributed by atoms with Gasteiger partial charge >= 0.3 is 0 Å². The molecule has 0 spiro atoms. The molecule has 2 nitrogen and oxygen atoms in total. The molecule has 92 valence electrons. The first-order valence-corrected chi connectivity index (χ1v) is 6.13. The quantitative estimate of drug-likeness (QED) is 0.819. The van der Waals surface area contributed by atoms with Crippen LogP contribution < -0.4 is 5.32 Å². The third kappa shape index (κ3) is 4.16. The van der Waals surface area contributed by atoms with E-state index in [2.05, 4.69) is 19.2 Å². The van der Waals surface area contributed by atoms with Gasteiger partial charge in [0.05, 0.1) is 5.56 Å². The van der Waals surface area contributed by atoms with Gasteiger partial charge in [0.2, 0.25) is 0 Å². The van der Waals surface area contributed by atoms with E-state index < -0.39 is 5.82 Å². The summed E-state index contributed by atoms with van der Waals surface area (Å²) in [6.45, 7) is 5.00. The summed E-state index contributed by atoms with van der Waals surface area (Å²) in [4.78, 5) is 0. The molecule has 1 aromatic rings. The Balaban J connectivity index is 2.60. The monoisotopic (exact) mass is 234 g/mol. The maximum absolute atomic E-state index is 13.1. The zero-order chi connectivity index (χ0) is 12.7. The molecular weight excluding hydrogens is 215 g/mol. The normalized spacial score (nSPS) is 12.1. The summed E-state index contributed by atoms with van der Waals surface area (Å²) in [7, 11) is 0. The fraction of sp³-hybridized carbons (Fsp3) is 0.500. The van der Waals surface area contributed by atoms with E-state index >= 15 is 0 Å². The van der Waals surface area contributed by atoms with E-state index in [-0.39, 0.29) is 5.56 Å². The number of nitrogens with zero attached hydrogens (tertiary/aromatic N) is 1. The molecule has 1 N–H and O–H groups in total. The van der Waals surface area contributed by atoms with Crippen LogP contribution in [0.3, 0.4) is 0 Å². The van der Waals surface area contributed by atoms with E-state index in [1.165, 1.54) is 6.07 Å². The number of hydrogen-bond acceptors (Lipinski definition) is 2. The van der Waals surface area contributed by atoms with E-state index in [9.17, 15) is 4.39 Å². The highest BCUT2D eigenvalue weighted by molar-refractivity contribution is 5.34. The third-order valence-corrected chi connectivity index (χ3v) is 2.88. The van der Waals surface area contributed by atoms with Crippen molar-refractivity contribution in [1.82, 2.24) is 5.32 Å². The van der Waals surface area contributed by atoms with E-state index in [0.29, 0.717) is 12.6 Å². The van der Waals surface area contributed by atoms with Gasteiger partial charge in [-0.05, 0) is 30.5 Å². The Morgan fingerprint density at radius 3 is 2.76 bits per heavy atom. The molecule has 0 saturated heterocycles. The molecule has 0 aliphatic carbocycles. The minimum atomic E-state index is -0.447. The van der Waals surface area contributed by atoms with Gasteiger partial charge in [-0.25, -0.2) is 4.39 Å². The molecule has 1 aromatic carbocycles. The minimum Gasteiger partial charge on any atom is -0.310 e. The van der Waals surface area contributed by atoms with Gasteiger partial charge < -0.3 is 5.32 Å². The Hall–Kier alpha value is -1.40. The molecule has 17 heavy (non-hydrogen) atoms. The van der Waals surface area contributed by atoms with E-state index in [0.717, 1.165) is 24.8 Å². The summed E-state index contributed by atoms with van der Waals surface area (Å²) in [6, 6.07) is 7.05. The van der Waals surface area contributed by atoms with Crippen molar-refractivity contribution in [1.29, 1.82) is 5.26 Å². The molecule has 0 aliphatic rings. The van der Waals surface area contributed by atoms with Gasteiger partial charge in [-0.3, -0.25) is 0 Å². The van der Waals surface area contributed by atoms with Gasteiger partial charge in [0.25, 0.3) is 0 Å². The van der Waals surface area contributed by atoms with Gasteiger partial charge in [-0.2, -0.15) is 5.26 Å². The van der Waals surface area contributed by atoms with Crippen molar-refractivity contribution >= 4 is 0 Å². The van der Waals surface area contributed by atoms with E-state index in [1.807, 2.05) is 6.07 Å². The van der Waals surface area contributed by atoms with Gasteiger partial charge in [0, 0.05) is 12.6 Å². The third-order valence-electron chi connectivity index (χ3n) is 2.88. The van der Waals surface area contributed by atoms with Crippen LogP contribution in [0.4, 0.5) is 4.39 Å². The number of nitrogens with one attached hydrogen (secondary N) is 1. The Morgan fingerprint density at radius 1 is 1.41 bits per heavy atom. The van der Waals surface area contributed by atoms with Crippen molar-refractivity contribution in [3.05, 3.63) is 35.1 Å². The van der Waals surface area contributed by atoms with Crippen LogP contribution in [-0.2, 0) is 6.54 Å². The molecule has 1 rings (SSSR count). The van der Waals surface area contributed by atoms with Crippen molar-refractivity contribution in [2.24, 2.45) is 0 Å². The lowest BCUT2D eigenvalue weighted by molar-refractivity contribution is 0.462. The first kappa shape index (κ1) is 13.7. The largest absolute Gasteiger partial charge is 0.310 e. The second-order valence-corrected chi connectivity index (χ2v) is 4.20. The average molecular weight is 234 g/mol. The second kappa shape index (κ2) is 7.03. The predicted octanol–water partition coefficient (Wildman–Crippen LogP) is 3.37.